The van der Waals surface area contributed by atoms with E-state index in [9.17, 15) is 9.59 Å². The predicted octanol–water partition coefficient (Wildman–Crippen LogP) is 2.40. The first-order valence-electron chi connectivity index (χ1n) is 9.14. The molecule has 1 fully saturated rings. The molecule has 1 aliphatic carbocycles. The standard InChI is InChI=1S/C20H25N3O3/c1-15-5-4-8-17(11-15)26-13-19(24)21-9-10-23-14-22-18(12-20(23)25)16-6-2-3-7-16/h4-5,8,11-12,14,16H,2-3,6-7,9-10,13H2,1H3,(H,21,24). The first-order chi connectivity index (χ1) is 12.6. The lowest BCUT2D eigenvalue weighted by atomic mass is 10.0. The van der Waals surface area contributed by atoms with Crippen LogP contribution < -0.4 is 15.6 Å². The van der Waals surface area contributed by atoms with Crippen molar-refractivity contribution in [1.82, 2.24) is 14.9 Å². The van der Waals surface area contributed by atoms with E-state index in [0.29, 0.717) is 24.8 Å². The monoisotopic (exact) mass is 355 g/mol. The van der Waals surface area contributed by atoms with E-state index in [1.54, 1.807) is 12.4 Å². The minimum absolute atomic E-state index is 0.0444. The van der Waals surface area contributed by atoms with Gasteiger partial charge in [-0.15, -0.1) is 0 Å². The van der Waals surface area contributed by atoms with Gasteiger partial charge < -0.3 is 10.1 Å². The highest BCUT2D eigenvalue weighted by atomic mass is 16.5. The second kappa shape index (κ2) is 8.65. The highest BCUT2D eigenvalue weighted by Gasteiger charge is 2.18. The highest BCUT2D eigenvalue weighted by molar-refractivity contribution is 5.77. The van der Waals surface area contributed by atoms with Crippen molar-refractivity contribution in [3.8, 4) is 5.75 Å². The molecule has 6 nitrogen and oxygen atoms in total. The maximum atomic E-state index is 12.2. The Labute approximate surface area is 153 Å². The van der Waals surface area contributed by atoms with Gasteiger partial charge in [-0.1, -0.05) is 25.0 Å². The Bertz CT molecular complexity index is 810. The molecule has 1 aliphatic rings. The van der Waals surface area contributed by atoms with Crippen molar-refractivity contribution in [3.05, 3.63) is 58.3 Å². The van der Waals surface area contributed by atoms with Crippen LogP contribution in [0.15, 0.2) is 41.5 Å². The number of hydrogen-bond acceptors (Lipinski definition) is 4. The van der Waals surface area contributed by atoms with Gasteiger partial charge in [-0.2, -0.15) is 0 Å². The number of carbonyl (C=O) groups excluding carboxylic acids is 1. The van der Waals surface area contributed by atoms with Crippen molar-refractivity contribution in [2.45, 2.75) is 45.1 Å². The van der Waals surface area contributed by atoms with Gasteiger partial charge in [-0.3, -0.25) is 14.2 Å². The van der Waals surface area contributed by atoms with E-state index >= 15 is 0 Å². The number of carbonyl (C=O) groups is 1. The molecule has 1 aromatic carbocycles. The van der Waals surface area contributed by atoms with E-state index in [-0.39, 0.29) is 18.1 Å². The Kier molecular flexibility index (Phi) is 6.04. The van der Waals surface area contributed by atoms with Crippen LogP contribution in [0.5, 0.6) is 5.75 Å². The van der Waals surface area contributed by atoms with Gasteiger partial charge >= 0.3 is 0 Å². The molecular weight excluding hydrogens is 330 g/mol. The average molecular weight is 355 g/mol. The molecule has 138 valence electrons. The van der Waals surface area contributed by atoms with Crippen molar-refractivity contribution >= 4 is 5.91 Å². The van der Waals surface area contributed by atoms with Gasteiger partial charge in [-0.25, -0.2) is 4.98 Å². The van der Waals surface area contributed by atoms with Crippen LogP contribution in [0.2, 0.25) is 0 Å². The summed E-state index contributed by atoms with van der Waals surface area (Å²) in [6.07, 6.45) is 6.25. The van der Waals surface area contributed by atoms with Crippen molar-refractivity contribution in [2.75, 3.05) is 13.2 Å². The number of nitrogens with zero attached hydrogens (tertiary/aromatic N) is 2. The van der Waals surface area contributed by atoms with E-state index in [1.165, 1.54) is 17.4 Å². The maximum Gasteiger partial charge on any atom is 0.258 e. The van der Waals surface area contributed by atoms with Gasteiger partial charge in [0.15, 0.2) is 6.61 Å². The molecule has 0 spiro atoms. The Morgan fingerprint density at radius 1 is 1.31 bits per heavy atom. The molecule has 6 heteroatoms. The van der Waals surface area contributed by atoms with Gasteiger partial charge in [0, 0.05) is 25.1 Å². The van der Waals surface area contributed by atoms with Crippen LogP contribution in [0.25, 0.3) is 0 Å². The Balaban J connectivity index is 1.44. The quantitative estimate of drug-likeness (QED) is 0.828. The molecule has 1 N–H and O–H groups in total. The molecule has 0 bridgehead atoms. The third-order valence-corrected chi connectivity index (χ3v) is 4.71. The number of hydrogen-bond donors (Lipinski definition) is 1. The molecule has 3 rings (SSSR count). The van der Waals surface area contributed by atoms with Crippen molar-refractivity contribution < 1.29 is 9.53 Å². The van der Waals surface area contributed by atoms with Gasteiger partial charge in [-0.05, 0) is 37.5 Å². The molecule has 0 aliphatic heterocycles. The van der Waals surface area contributed by atoms with Crippen molar-refractivity contribution in [2.24, 2.45) is 0 Å². The van der Waals surface area contributed by atoms with E-state index in [4.69, 9.17) is 4.74 Å². The van der Waals surface area contributed by atoms with Crippen LogP contribution in [-0.4, -0.2) is 28.6 Å². The van der Waals surface area contributed by atoms with Crippen molar-refractivity contribution in [3.63, 3.8) is 0 Å². The summed E-state index contributed by atoms with van der Waals surface area (Å²) in [4.78, 5) is 28.5. The summed E-state index contributed by atoms with van der Waals surface area (Å²) in [5.41, 5.74) is 1.92. The number of aryl methyl sites for hydroxylation is 1. The number of nitrogens with one attached hydrogen (secondary N) is 1. The van der Waals surface area contributed by atoms with Crippen LogP contribution in [0, 0.1) is 6.92 Å². The predicted molar refractivity (Wildman–Crippen MR) is 99.4 cm³/mol. The minimum atomic E-state index is -0.213. The smallest absolute Gasteiger partial charge is 0.258 e. The molecule has 26 heavy (non-hydrogen) atoms. The molecule has 0 radical (unpaired) electrons. The fourth-order valence-corrected chi connectivity index (χ4v) is 3.27. The summed E-state index contributed by atoms with van der Waals surface area (Å²) in [7, 11) is 0. The van der Waals surface area contributed by atoms with Gasteiger partial charge in [0.25, 0.3) is 11.5 Å². The number of aromatic nitrogens is 2. The lowest BCUT2D eigenvalue weighted by Crippen LogP contribution is -2.33. The maximum absolute atomic E-state index is 12.2. The molecule has 0 atom stereocenters. The van der Waals surface area contributed by atoms with E-state index in [0.717, 1.165) is 24.1 Å². The van der Waals surface area contributed by atoms with E-state index in [1.807, 2.05) is 31.2 Å². The van der Waals surface area contributed by atoms with Crippen LogP contribution >= 0.6 is 0 Å². The molecule has 2 aromatic rings. The Morgan fingerprint density at radius 2 is 2.12 bits per heavy atom. The summed E-state index contributed by atoms with van der Waals surface area (Å²) in [5, 5.41) is 2.76. The number of ether oxygens (including phenoxy) is 1. The average Bonchev–Trinajstić information content (AvgIpc) is 3.16. The van der Waals surface area contributed by atoms with Gasteiger partial charge in [0.1, 0.15) is 5.75 Å². The molecule has 1 aromatic heterocycles. The fraction of sp³-hybridized carbons (Fsp3) is 0.450. The lowest BCUT2D eigenvalue weighted by Gasteiger charge is -2.11. The first-order valence-corrected chi connectivity index (χ1v) is 9.14. The van der Waals surface area contributed by atoms with E-state index < -0.39 is 0 Å². The topological polar surface area (TPSA) is 73.2 Å². The fourth-order valence-electron chi connectivity index (χ4n) is 3.27. The third-order valence-electron chi connectivity index (χ3n) is 4.71. The largest absolute Gasteiger partial charge is 0.484 e. The first kappa shape index (κ1) is 18.2. The van der Waals surface area contributed by atoms with Crippen LogP contribution in [0.1, 0.15) is 42.9 Å². The molecule has 0 saturated heterocycles. The Hall–Kier alpha value is -2.63. The zero-order valence-corrected chi connectivity index (χ0v) is 15.1. The second-order valence-electron chi connectivity index (χ2n) is 6.78. The Morgan fingerprint density at radius 3 is 2.85 bits per heavy atom. The summed E-state index contributed by atoms with van der Waals surface area (Å²) in [6.45, 7) is 2.68. The van der Waals surface area contributed by atoms with Gasteiger partial charge in [0.05, 0.1) is 12.0 Å². The van der Waals surface area contributed by atoms with Crippen LogP contribution in [0.4, 0.5) is 0 Å². The van der Waals surface area contributed by atoms with Crippen molar-refractivity contribution in [1.29, 1.82) is 0 Å². The van der Waals surface area contributed by atoms with Crippen LogP contribution in [0.3, 0.4) is 0 Å². The highest BCUT2D eigenvalue weighted by Crippen LogP contribution is 2.32. The molecular formula is C20H25N3O3. The lowest BCUT2D eigenvalue weighted by molar-refractivity contribution is -0.123. The number of benzene rings is 1. The molecule has 0 unspecified atom stereocenters. The van der Waals surface area contributed by atoms with Crippen LogP contribution in [-0.2, 0) is 11.3 Å². The number of rotatable bonds is 7. The second-order valence-corrected chi connectivity index (χ2v) is 6.78. The SMILES string of the molecule is Cc1cccc(OCC(=O)NCCn2cnc(C3CCCC3)cc2=O)c1. The third kappa shape index (κ3) is 4.94. The number of amides is 1. The minimum Gasteiger partial charge on any atom is -0.484 e. The summed E-state index contributed by atoms with van der Waals surface area (Å²) >= 11 is 0. The zero-order chi connectivity index (χ0) is 18.4. The molecule has 1 saturated carbocycles. The van der Waals surface area contributed by atoms with E-state index in [2.05, 4.69) is 10.3 Å². The summed E-state index contributed by atoms with van der Waals surface area (Å²) < 4.78 is 6.98. The molecule has 1 amide bonds. The summed E-state index contributed by atoms with van der Waals surface area (Å²) in [5.74, 6) is 0.883. The summed E-state index contributed by atoms with van der Waals surface area (Å²) in [6, 6.07) is 9.19. The molecule has 1 heterocycles. The zero-order valence-electron chi connectivity index (χ0n) is 15.1. The normalized spacial score (nSPS) is 14.3. The van der Waals surface area contributed by atoms with Gasteiger partial charge in [0.2, 0.25) is 0 Å².